The molecule has 27 heavy (non-hydrogen) atoms. The minimum Gasteiger partial charge on any atom is -0.504 e. The molecular formula is C23H34O4. The highest BCUT2D eigenvalue weighted by Crippen LogP contribution is 2.22. The van der Waals surface area contributed by atoms with Gasteiger partial charge < -0.3 is 10.2 Å². The van der Waals surface area contributed by atoms with E-state index in [9.17, 15) is 19.8 Å². The van der Waals surface area contributed by atoms with Crippen LogP contribution in [0.4, 0.5) is 0 Å². The van der Waals surface area contributed by atoms with Crippen LogP contribution in [0.15, 0.2) is 47.5 Å². The lowest BCUT2D eigenvalue weighted by molar-refractivity contribution is -0.119. The van der Waals surface area contributed by atoms with Crippen molar-refractivity contribution in [1.29, 1.82) is 0 Å². The smallest absolute Gasteiger partial charge is 0.227 e. The first kappa shape index (κ1) is 22.9. The van der Waals surface area contributed by atoms with Gasteiger partial charge in [0.15, 0.2) is 11.5 Å². The lowest BCUT2D eigenvalue weighted by Gasteiger charge is -2.12. The Morgan fingerprint density at radius 1 is 0.815 bits per heavy atom. The van der Waals surface area contributed by atoms with Crippen molar-refractivity contribution in [1.82, 2.24) is 0 Å². The highest BCUT2D eigenvalue weighted by atomic mass is 16.3. The van der Waals surface area contributed by atoms with Crippen molar-refractivity contribution in [3.8, 4) is 0 Å². The van der Waals surface area contributed by atoms with Crippen LogP contribution in [0, 0.1) is 0 Å². The van der Waals surface area contributed by atoms with Crippen molar-refractivity contribution >= 4 is 11.6 Å². The lowest BCUT2D eigenvalue weighted by atomic mass is 9.95. The monoisotopic (exact) mass is 374 g/mol. The van der Waals surface area contributed by atoms with Crippen molar-refractivity contribution in [3.05, 3.63) is 47.5 Å². The molecule has 2 N–H and O–H groups in total. The van der Waals surface area contributed by atoms with E-state index in [0.29, 0.717) is 6.42 Å². The molecule has 0 aromatic rings. The highest BCUT2D eigenvalue weighted by molar-refractivity contribution is 6.20. The molecular weight excluding hydrogens is 340 g/mol. The second kappa shape index (κ2) is 14.0. The summed E-state index contributed by atoms with van der Waals surface area (Å²) in [6.07, 6.45) is 22.2. The molecule has 4 nitrogen and oxygen atoms in total. The second-order valence-corrected chi connectivity index (χ2v) is 7.03. The quantitative estimate of drug-likeness (QED) is 0.215. The zero-order valence-electron chi connectivity index (χ0n) is 16.6. The minimum absolute atomic E-state index is 0.0469. The van der Waals surface area contributed by atoms with Gasteiger partial charge >= 0.3 is 0 Å². The third-order valence-corrected chi connectivity index (χ3v) is 4.67. The van der Waals surface area contributed by atoms with Gasteiger partial charge in [0.1, 0.15) is 0 Å². The maximum absolute atomic E-state index is 11.8. The molecule has 0 fully saturated rings. The summed E-state index contributed by atoms with van der Waals surface area (Å²) in [5, 5.41) is 19.1. The average molecular weight is 375 g/mol. The molecule has 4 heteroatoms. The Bertz CT molecular complexity index is 593. The zero-order chi connectivity index (χ0) is 19.9. The predicted molar refractivity (Wildman–Crippen MR) is 110 cm³/mol. The summed E-state index contributed by atoms with van der Waals surface area (Å²) >= 11 is 0. The van der Waals surface area contributed by atoms with Crippen LogP contribution in [-0.2, 0) is 9.59 Å². The lowest BCUT2D eigenvalue weighted by Crippen LogP contribution is -2.19. The van der Waals surface area contributed by atoms with E-state index in [1.165, 1.54) is 25.7 Å². The molecule has 0 saturated carbocycles. The number of unbranched alkanes of at least 4 members (excludes halogenated alkanes) is 8. The van der Waals surface area contributed by atoms with Crippen molar-refractivity contribution in [2.24, 2.45) is 0 Å². The van der Waals surface area contributed by atoms with Crippen molar-refractivity contribution < 1.29 is 19.8 Å². The molecule has 0 radical (unpaired) electrons. The van der Waals surface area contributed by atoms with E-state index in [2.05, 4.69) is 31.2 Å². The van der Waals surface area contributed by atoms with Crippen LogP contribution in [0.1, 0.15) is 84.0 Å². The summed E-state index contributed by atoms with van der Waals surface area (Å²) in [7, 11) is 0. The fourth-order valence-corrected chi connectivity index (χ4v) is 3.01. The standard InChI is InChI=1S/C23H34O4/c1-2-3-4-5-6-7-8-9-10-11-12-13-14-15-16-17-19-22(26)20(24)18-21(25)23(19)27/h6-7,9-10,18,24,27H,2-5,8,11-17H2,1H3. The number of rotatable bonds is 14. The molecule has 0 aromatic heterocycles. The van der Waals surface area contributed by atoms with Gasteiger partial charge in [-0.1, -0.05) is 63.3 Å². The van der Waals surface area contributed by atoms with E-state index in [0.717, 1.165) is 51.0 Å². The van der Waals surface area contributed by atoms with Gasteiger partial charge in [0, 0.05) is 11.6 Å². The van der Waals surface area contributed by atoms with Crippen LogP contribution in [0.3, 0.4) is 0 Å². The Labute approximate surface area is 163 Å². The fourth-order valence-electron chi connectivity index (χ4n) is 3.01. The Balaban J connectivity index is 2.03. The normalized spacial score (nSPS) is 15.4. The summed E-state index contributed by atoms with van der Waals surface area (Å²) in [4.78, 5) is 23.2. The van der Waals surface area contributed by atoms with E-state index in [1.807, 2.05) is 0 Å². The van der Waals surface area contributed by atoms with E-state index < -0.39 is 23.1 Å². The molecule has 150 valence electrons. The van der Waals surface area contributed by atoms with Gasteiger partial charge in [0.05, 0.1) is 0 Å². The number of hydrogen-bond donors (Lipinski definition) is 2. The molecule has 1 aliphatic rings. The van der Waals surface area contributed by atoms with E-state index in [-0.39, 0.29) is 5.57 Å². The Morgan fingerprint density at radius 2 is 1.41 bits per heavy atom. The van der Waals surface area contributed by atoms with Gasteiger partial charge in [-0.05, 0) is 44.9 Å². The van der Waals surface area contributed by atoms with Gasteiger partial charge in [0.2, 0.25) is 11.6 Å². The first-order valence-electron chi connectivity index (χ1n) is 10.3. The molecule has 0 bridgehead atoms. The van der Waals surface area contributed by atoms with Crippen molar-refractivity contribution in [2.45, 2.75) is 84.0 Å². The molecule has 0 atom stereocenters. The first-order chi connectivity index (χ1) is 13.1. The summed E-state index contributed by atoms with van der Waals surface area (Å²) < 4.78 is 0. The van der Waals surface area contributed by atoms with Crippen LogP contribution < -0.4 is 0 Å². The second-order valence-electron chi connectivity index (χ2n) is 7.03. The highest BCUT2D eigenvalue weighted by Gasteiger charge is 2.27. The third kappa shape index (κ3) is 9.41. The SMILES string of the molecule is CCCCCC=CCC=CCCCCCCCC1=C(O)C(=O)C=C(O)C1=O. The topological polar surface area (TPSA) is 74.6 Å². The molecule has 0 unspecified atom stereocenters. The number of ketones is 2. The molecule has 0 heterocycles. The maximum Gasteiger partial charge on any atom is 0.227 e. The van der Waals surface area contributed by atoms with Crippen LogP contribution in [0.2, 0.25) is 0 Å². The summed E-state index contributed by atoms with van der Waals surface area (Å²) in [5.74, 6) is -2.40. The largest absolute Gasteiger partial charge is 0.504 e. The average Bonchev–Trinajstić information content (AvgIpc) is 2.65. The van der Waals surface area contributed by atoms with Crippen molar-refractivity contribution in [3.63, 3.8) is 0 Å². The van der Waals surface area contributed by atoms with Crippen molar-refractivity contribution in [2.75, 3.05) is 0 Å². The summed E-state index contributed by atoms with van der Waals surface area (Å²) in [6.45, 7) is 2.22. The van der Waals surface area contributed by atoms with E-state index in [1.54, 1.807) is 0 Å². The van der Waals surface area contributed by atoms with Crippen LogP contribution in [0.5, 0.6) is 0 Å². The molecule has 0 aromatic carbocycles. The molecule has 0 aliphatic heterocycles. The molecule has 1 rings (SSSR count). The van der Waals surface area contributed by atoms with Gasteiger partial charge in [-0.15, -0.1) is 0 Å². The van der Waals surface area contributed by atoms with E-state index >= 15 is 0 Å². The van der Waals surface area contributed by atoms with Gasteiger partial charge in [-0.2, -0.15) is 0 Å². The van der Waals surface area contributed by atoms with Crippen LogP contribution in [0.25, 0.3) is 0 Å². The first-order valence-corrected chi connectivity index (χ1v) is 10.3. The zero-order valence-corrected chi connectivity index (χ0v) is 16.6. The Morgan fingerprint density at radius 3 is 2.07 bits per heavy atom. The molecule has 0 spiro atoms. The number of Topliss-reactive ketones (excluding diaryl/α,β-unsaturated/α-hetero) is 1. The molecule has 0 saturated heterocycles. The van der Waals surface area contributed by atoms with Crippen LogP contribution >= 0.6 is 0 Å². The number of aliphatic hydroxyl groups is 2. The fraction of sp³-hybridized carbons (Fsp3) is 0.565. The van der Waals surface area contributed by atoms with Crippen LogP contribution in [-0.4, -0.2) is 21.8 Å². The Kier molecular flexibility index (Phi) is 11.9. The van der Waals surface area contributed by atoms with E-state index in [4.69, 9.17) is 0 Å². The summed E-state index contributed by atoms with van der Waals surface area (Å²) in [6, 6.07) is 0. The van der Waals surface area contributed by atoms with Gasteiger partial charge in [-0.25, -0.2) is 0 Å². The number of carbonyl (C=O) groups excluding carboxylic acids is 2. The Hall–Kier alpha value is -2.10. The predicted octanol–water partition coefficient (Wildman–Crippen LogP) is 6.21. The number of allylic oxidation sites excluding steroid dienone is 6. The third-order valence-electron chi connectivity index (χ3n) is 4.67. The number of aliphatic hydroxyl groups excluding tert-OH is 2. The maximum atomic E-state index is 11.8. The molecule has 0 amide bonds. The number of carbonyl (C=O) groups is 2. The van der Waals surface area contributed by atoms with Gasteiger partial charge in [-0.3, -0.25) is 9.59 Å². The number of hydrogen-bond acceptors (Lipinski definition) is 4. The van der Waals surface area contributed by atoms with Gasteiger partial charge in [0.25, 0.3) is 0 Å². The minimum atomic E-state index is -0.690. The molecule has 1 aliphatic carbocycles. The summed E-state index contributed by atoms with van der Waals surface area (Å²) in [5.41, 5.74) is 0.0469.